The van der Waals surface area contributed by atoms with Crippen LogP contribution in [0.2, 0.25) is 0 Å². The maximum atomic E-state index is 12.8. The molecule has 7 heteroatoms. The lowest BCUT2D eigenvalue weighted by atomic mass is 9.98. The molecule has 0 radical (unpaired) electrons. The van der Waals surface area contributed by atoms with Crippen LogP contribution in [-0.4, -0.2) is 37.3 Å². The Morgan fingerprint density at radius 1 is 0.750 bits per heavy atom. The molecule has 3 rings (SSSR count). The maximum absolute atomic E-state index is 12.8. The van der Waals surface area contributed by atoms with E-state index in [1.165, 1.54) is 37.4 Å². The normalized spacial score (nSPS) is 10.2. The molecule has 0 bridgehead atoms. The minimum Gasteiger partial charge on any atom is -0.465 e. The van der Waals surface area contributed by atoms with Crippen molar-refractivity contribution in [3.8, 4) is 0 Å². The molecule has 0 fully saturated rings. The van der Waals surface area contributed by atoms with Gasteiger partial charge in [0.2, 0.25) is 0 Å². The number of carbonyl (C=O) groups is 4. The zero-order valence-electron chi connectivity index (χ0n) is 17.6. The van der Waals surface area contributed by atoms with Crippen molar-refractivity contribution < 1.29 is 28.7 Å². The Kier molecular flexibility index (Phi) is 7.13. The fourth-order valence-electron chi connectivity index (χ4n) is 2.93. The molecular formula is C25H21NO6. The van der Waals surface area contributed by atoms with Crippen LogP contribution in [0.3, 0.4) is 0 Å². The van der Waals surface area contributed by atoms with Crippen molar-refractivity contribution >= 4 is 29.3 Å². The molecule has 3 aromatic rings. The summed E-state index contributed by atoms with van der Waals surface area (Å²) in [6.07, 6.45) is 0. The summed E-state index contributed by atoms with van der Waals surface area (Å²) in [6, 6.07) is 19.4. The molecule has 0 unspecified atom stereocenters. The standard InChI is InChI=1S/C25H21NO6/c1-16-7-9-17(10-8-16)23(28)20-5-3-4-6-21(20)25(30)32-15-22(27)26-19-13-11-18(12-14-19)24(29)31-2/h3-14H,15H2,1-2H3,(H,26,27). The molecule has 0 atom stereocenters. The van der Waals surface area contributed by atoms with Gasteiger partial charge in [0.05, 0.1) is 18.2 Å². The first-order valence-electron chi connectivity index (χ1n) is 9.75. The molecule has 0 spiro atoms. The first kappa shape index (κ1) is 22.4. The van der Waals surface area contributed by atoms with E-state index in [0.717, 1.165) is 5.56 Å². The van der Waals surface area contributed by atoms with Gasteiger partial charge in [0, 0.05) is 16.8 Å². The number of nitrogens with one attached hydrogen (secondary N) is 1. The molecule has 0 saturated heterocycles. The highest BCUT2D eigenvalue weighted by Crippen LogP contribution is 2.17. The van der Waals surface area contributed by atoms with Gasteiger partial charge in [-0.05, 0) is 37.3 Å². The molecule has 1 amide bonds. The van der Waals surface area contributed by atoms with E-state index in [9.17, 15) is 19.2 Å². The average molecular weight is 431 g/mol. The van der Waals surface area contributed by atoms with Crippen molar-refractivity contribution in [3.63, 3.8) is 0 Å². The van der Waals surface area contributed by atoms with Crippen molar-refractivity contribution in [2.75, 3.05) is 19.0 Å². The number of rotatable bonds is 7. The second-order valence-corrected chi connectivity index (χ2v) is 6.93. The van der Waals surface area contributed by atoms with E-state index in [1.54, 1.807) is 30.3 Å². The highest BCUT2D eigenvalue weighted by atomic mass is 16.5. The summed E-state index contributed by atoms with van der Waals surface area (Å²) in [6.45, 7) is 1.38. The van der Waals surface area contributed by atoms with Crippen molar-refractivity contribution in [1.82, 2.24) is 0 Å². The molecule has 3 aromatic carbocycles. The van der Waals surface area contributed by atoms with Crippen molar-refractivity contribution in [3.05, 3.63) is 101 Å². The smallest absolute Gasteiger partial charge is 0.339 e. The van der Waals surface area contributed by atoms with E-state index in [2.05, 4.69) is 10.1 Å². The minimum absolute atomic E-state index is 0.0771. The number of amides is 1. The summed E-state index contributed by atoms with van der Waals surface area (Å²) >= 11 is 0. The zero-order chi connectivity index (χ0) is 23.1. The topological polar surface area (TPSA) is 98.8 Å². The van der Waals surface area contributed by atoms with E-state index in [-0.39, 0.29) is 16.9 Å². The van der Waals surface area contributed by atoms with Gasteiger partial charge in [0.15, 0.2) is 12.4 Å². The molecule has 0 aromatic heterocycles. The summed E-state index contributed by atoms with van der Waals surface area (Å²) in [4.78, 5) is 49.0. The highest BCUT2D eigenvalue weighted by Gasteiger charge is 2.20. The molecular weight excluding hydrogens is 410 g/mol. The quantitative estimate of drug-likeness (QED) is 0.451. The summed E-state index contributed by atoms with van der Waals surface area (Å²) in [5, 5.41) is 2.57. The Hall–Kier alpha value is -4.26. The summed E-state index contributed by atoms with van der Waals surface area (Å²) in [5.41, 5.74) is 2.50. The van der Waals surface area contributed by atoms with E-state index in [1.807, 2.05) is 19.1 Å². The zero-order valence-corrected chi connectivity index (χ0v) is 17.6. The second-order valence-electron chi connectivity index (χ2n) is 6.93. The van der Waals surface area contributed by atoms with Crippen molar-refractivity contribution in [2.24, 2.45) is 0 Å². The van der Waals surface area contributed by atoms with E-state index >= 15 is 0 Å². The van der Waals surface area contributed by atoms with Crippen molar-refractivity contribution in [2.45, 2.75) is 6.92 Å². The van der Waals surface area contributed by atoms with Crippen LogP contribution in [0.5, 0.6) is 0 Å². The summed E-state index contributed by atoms with van der Waals surface area (Å²) < 4.78 is 9.73. The minimum atomic E-state index is -0.780. The van der Waals surface area contributed by atoms with Gasteiger partial charge >= 0.3 is 11.9 Å². The Bertz CT molecular complexity index is 1150. The molecule has 1 N–H and O–H groups in total. The Labute approximate surface area is 185 Å². The summed E-state index contributed by atoms with van der Waals surface area (Å²) in [7, 11) is 1.28. The molecule has 0 aliphatic heterocycles. The van der Waals surface area contributed by atoms with Gasteiger partial charge < -0.3 is 14.8 Å². The molecule has 7 nitrogen and oxygen atoms in total. The average Bonchev–Trinajstić information content (AvgIpc) is 2.82. The first-order valence-corrected chi connectivity index (χ1v) is 9.75. The number of ether oxygens (including phenoxy) is 2. The van der Waals surface area contributed by atoms with Crippen LogP contribution in [0.15, 0.2) is 72.8 Å². The van der Waals surface area contributed by atoms with E-state index < -0.39 is 24.5 Å². The van der Waals surface area contributed by atoms with Crippen LogP contribution in [0.1, 0.15) is 42.2 Å². The fourth-order valence-corrected chi connectivity index (χ4v) is 2.93. The number of hydrogen-bond acceptors (Lipinski definition) is 6. The number of anilines is 1. The van der Waals surface area contributed by atoms with Gasteiger partial charge in [-0.3, -0.25) is 9.59 Å². The lowest BCUT2D eigenvalue weighted by molar-refractivity contribution is -0.119. The third-order valence-corrected chi connectivity index (χ3v) is 4.63. The number of aryl methyl sites for hydroxylation is 1. The number of carbonyl (C=O) groups excluding carboxylic acids is 4. The molecule has 162 valence electrons. The van der Waals surface area contributed by atoms with Gasteiger partial charge in [-0.25, -0.2) is 9.59 Å². The molecule has 0 saturated carbocycles. The van der Waals surface area contributed by atoms with Crippen LogP contribution in [0.4, 0.5) is 5.69 Å². The van der Waals surface area contributed by atoms with Gasteiger partial charge in [0.25, 0.3) is 5.91 Å². The Balaban J connectivity index is 1.64. The predicted molar refractivity (Wildman–Crippen MR) is 118 cm³/mol. The second kappa shape index (κ2) is 10.2. The monoisotopic (exact) mass is 431 g/mol. The number of ketones is 1. The van der Waals surface area contributed by atoms with Crippen LogP contribution in [0.25, 0.3) is 0 Å². The SMILES string of the molecule is COC(=O)c1ccc(NC(=O)COC(=O)c2ccccc2C(=O)c2ccc(C)cc2)cc1. The van der Waals surface area contributed by atoms with Gasteiger partial charge in [0.1, 0.15) is 0 Å². The van der Waals surface area contributed by atoms with Crippen molar-refractivity contribution in [1.29, 1.82) is 0 Å². The Morgan fingerprint density at radius 2 is 1.34 bits per heavy atom. The van der Waals surface area contributed by atoms with E-state index in [4.69, 9.17) is 4.74 Å². The maximum Gasteiger partial charge on any atom is 0.339 e. The van der Waals surface area contributed by atoms with E-state index in [0.29, 0.717) is 16.8 Å². The van der Waals surface area contributed by atoms with Crippen LogP contribution in [-0.2, 0) is 14.3 Å². The fraction of sp³-hybridized carbons (Fsp3) is 0.120. The molecule has 32 heavy (non-hydrogen) atoms. The predicted octanol–water partition coefficient (Wildman–Crippen LogP) is 3.81. The summed E-state index contributed by atoms with van der Waals surface area (Å²) in [5.74, 6) is -2.15. The highest BCUT2D eigenvalue weighted by molar-refractivity contribution is 6.14. The van der Waals surface area contributed by atoms with Crippen LogP contribution < -0.4 is 5.32 Å². The lowest BCUT2D eigenvalue weighted by Gasteiger charge is -2.10. The first-order chi connectivity index (χ1) is 15.4. The number of benzene rings is 3. The largest absolute Gasteiger partial charge is 0.465 e. The Morgan fingerprint density at radius 3 is 1.97 bits per heavy atom. The molecule has 0 aliphatic rings. The van der Waals surface area contributed by atoms with Gasteiger partial charge in [-0.1, -0.05) is 48.0 Å². The number of esters is 2. The lowest BCUT2D eigenvalue weighted by Crippen LogP contribution is -2.22. The molecule has 0 aliphatic carbocycles. The third-order valence-electron chi connectivity index (χ3n) is 4.63. The number of methoxy groups -OCH3 is 1. The number of hydrogen-bond donors (Lipinski definition) is 1. The molecule has 0 heterocycles. The van der Waals surface area contributed by atoms with Crippen LogP contribution in [0, 0.1) is 6.92 Å². The third kappa shape index (κ3) is 5.46. The van der Waals surface area contributed by atoms with Gasteiger partial charge in [-0.15, -0.1) is 0 Å². The van der Waals surface area contributed by atoms with Crippen LogP contribution >= 0.6 is 0 Å². The van der Waals surface area contributed by atoms with Gasteiger partial charge in [-0.2, -0.15) is 0 Å².